The van der Waals surface area contributed by atoms with Crippen molar-refractivity contribution in [2.24, 2.45) is 5.73 Å². The summed E-state index contributed by atoms with van der Waals surface area (Å²) in [5, 5.41) is 0.650. The second-order valence-corrected chi connectivity index (χ2v) is 5.37. The van der Waals surface area contributed by atoms with Gasteiger partial charge in [0, 0.05) is 21.6 Å². The maximum Gasteiger partial charge on any atom is 0.134 e. The van der Waals surface area contributed by atoms with Gasteiger partial charge in [0.25, 0.3) is 0 Å². The summed E-state index contributed by atoms with van der Waals surface area (Å²) >= 11 is 4.74. The molecule has 0 saturated heterocycles. The number of thiazole rings is 1. The molecule has 0 aliphatic rings. The summed E-state index contributed by atoms with van der Waals surface area (Å²) in [5.41, 5.74) is 6.25. The van der Waals surface area contributed by atoms with Crippen molar-refractivity contribution < 1.29 is 4.39 Å². The fraction of sp³-hybridized carbons (Fsp3) is 0.182. The summed E-state index contributed by atoms with van der Waals surface area (Å²) in [7, 11) is 0. The Bertz CT molecular complexity index is 490. The molecule has 2 rings (SSSR count). The van der Waals surface area contributed by atoms with Gasteiger partial charge >= 0.3 is 0 Å². The van der Waals surface area contributed by atoms with Crippen molar-refractivity contribution in [1.82, 2.24) is 4.98 Å². The van der Waals surface area contributed by atoms with Gasteiger partial charge in [-0.1, -0.05) is 6.07 Å². The molecule has 0 saturated carbocycles. The van der Waals surface area contributed by atoms with Gasteiger partial charge in [0.2, 0.25) is 0 Å². The lowest BCUT2D eigenvalue weighted by Crippen LogP contribution is -2.01. The molecule has 2 N–H and O–H groups in total. The van der Waals surface area contributed by atoms with E-state index in [-0.39, 0.29) is 11.9 Å². The third-order valence-corrected chi connectivity index (χ3v) is 4.03. The lowest BCUT2D eigenvalue weighted by molar-refractivity contribution is 0.630. The van der Waals surface area contributed by atoms with Gasteiger partial charge < -0.3 is 5.73 Å². The predicted molar refractivity (Wildman–Crippen MR) is 67.8 cm³/mol. The van der Waals surface area contributed by atoms with Gasteiger partial charge in [-0.25, -0.2) is 9.37 Å². The van der Waals surface area contributed by atoms with Gasteiger partial charge in [-0.2, -0.15) is 0 Å². The number of nitrogens with zero attached hydrogens (tertiary/aromatic N) is 1. The maximum atomic E-state index is 13.7. The molecule has 1 unspecified atom stereocenters. The molecule has 1 atom stereocenters. The minimum atomic E-state index is -0.278. The molecule has 5 heteroatoms. The largest absolute Gasteiger partial charge is 0.323 e. The average molecular weight is 301 g/mol. The van der Waals surface area contributed by atoms with E-state index in [0.717, 1.165) is 4.88 Å². The van der Waals surface area contributed by atoms with Crippen molar-refractivity contribution in [3.05, 3.63) is 39.6 Å². The molecule has 1 heterocycles. The SMILES string of the molecule is CC(N)c1cnc(-c2c(F)cccc2Br)s1. The van der Waals surface area contributed by atoms with E-state index in [1.54, 1.807) is 18.3 Å². The Morgan fingerprint density at radius 3 is 2.81 bits per heavy atom. The molecule has 0 spiro atoms. The van der Waals surface area contributed by atoms with E-state index >= 15 is 0 Å². The van der Waals surface area contributed by atoms with Crippen molar-refractivity contribution in [3.8, 4) is 10.6 Å². The lowest BCUT2D eigenvalue weighted by atomic mass is 10.2. The van der Waals surface area contributed by atoms with E-state index in [4.69, 9.17) is 5.73 Å². The van der Waals surface area contributed by atoms with E-state index in [2.05, 4.69) is 20.9 Å². The van der Waals surface area contributed by atoms with Gasteiger partial charge in [0.1, 0.15) is 10.8 Å². The van der Waals surface area contributed by atoms with Crippen LogP contribution in [0.5, 0.6) is 0 Å². The number of hydrogen-bond acceptors (Lipinski definition) is 3. The number of rotatable bonds is 2. The first-order valence-electron chi connectivity index (χ1n) is 4.75. The summed E-state index contributed by atoms with van der Waals surface area (Å²) in [5.74, 6) is -0.278. The van der Waals surface area contributed by atoms with Gasteiger partial charge in [-0.05, 0) is 35.0 Å². The van der Waals surface area contributed by atoms with Crippen LogP contribution in [0.4, 0.5) is 4.39 Å². The van der Waals surface area contributed by atoms with E-state index in [9.17, 15) is 4.39 Å². The molecule has 1 aromatic carbocycles. The zero-order chi connectivity index (χ0) is 11.7. The van der Waals surface area contributed by atoms with Crippen LogP contribution >= 0.6 is 27.3 Å². The molecule has 0 aliphatic carbocycles. The Balaban J connectivity index is 2.50. The molecule has 0 aliphatic heterocycles. The summed E-state index contributed by atoms with van der Waals surface area (Å²) in [4.78, 5) is 5.15. The first kappa shape index (κ1) is 11.7. The molecule has 2 aromatic rings. The second-order valence-electron chi connectivity index (χ2n) is 3.45. The lowest BCUT2D eigenvalue weighted by Gasteiger charge is -2.02. The third-order valence-electron chi connectivity index (χ3n) is 2.15. The highest BCUT2D eigenvalue weighted by Crippen LogP contribution is 2.34. The summed E-state index contributed by atoms with van der Waals surface area (Å²) in [6, 6.07) is 4.80. The summed E-state index contributed by atoms with van der Waals surface area (Å²) in [6.07, 6.45) is 1.70. The van der Waals surface area contributed by atoms with Crippen LogP contribution in [0.25, 0.3) is 10.6 Å². The molecule has 2 nitrogen and oxygen atoms in total. The van der Waals surface area contributed by atoms with Crippen molar-refractivity contribution in [1.29, 1.82) is 0 Å². The van der Waals surface area contributed by atoms with Crippen LogP contribution in [-0.2, 0) is 0 Å². The smallest absolute Gasteiger partial charge is 0.134 e. The molecule has 16 heavy (non-hydrogen) atoms. The highest BCUT2D eigenvalue weighted by Gasteiger charge is 2.14. The number of benzene rings is 1. The van der Waals surface area contributed by atoms with Crippen molar-refractivity contribution in [3.63, 3.8) is 0 Å². The normalized spacial score (nSPS) is 12.8. The quantitative estimate of drug-likeness (QED) is 0.918. The highest BCUT2D eigenvalue weighted by atomic mass is 79.9. The van der Waals surface area contributed by atoms with E-state index in [1.807, 2.05) is 6.92 Å². The topological polar surface area (TPSA) is 38.9 Å². The zero-order valence-electron chi connectivity index (χ0n) is 8.58. The minimum Gasteiger partial charge on any atom is -0.323 e. The Morgan fingerprint density at radius 2 is 2.25 bits per heavy atom. The van der Waals surface area contributed by atoms with Gasteiger partial charge in [0.05, 0.1) is 5.56 Å². The van der Waals surface area contributed by atoms with Crippen molar-refractivity contribution >= 4 is 27.3 Å². The highest BCUT2D eigenvalue weighted by molar-refractivity contribution is 9.10. The minimum absolute atomic E-state index is 0.0724. The molecule has 1 aromatic heterocycles. The second kappa shape index (κ2) is 4.61. The molecule has 0 amide bonds. The van der Waals surface area contributed by atoms with Crippen LogP contribution in [0.15, 0.2) is 28.9 Å². The van der Waals surface area contributed by atoms with Gasteiger partial charge in [0.15, 0.2) is 0 Å². The van der Waals surface area contributed by atoms with Crippen LogP contribution in [0.2, 0.25) is 0 Å². The molecular formula is C11H10BrFN2S. The van der Waals surface area contributed by atoms with Gasteiger partial charge in [-0.3, -0.25) is 0 Å². The van der Waals surface area contributed by atoms with E-state index < -0.39 is 0 Å². The first-order chi connectivity index (χ1) is 7.59. The Labute approximate surface area is 105 Å². The van der Waals surface area contributed by atoms with Crippen molar-refractivity contribution in [2.75, 3.05) is 0 Å². The van der Waals surface area contributed by atoms with Crippen LogP contribution in [0.1, 0.15) is 17.8 Å². The van der Waals surface area contributed by atoms with Crippen LogP contribution in [-0.4, -0.2) is 4.98 Å². The van der Waals surface area contributed by atoms with Crippen molar-refractivity contribution in [2.45, 2.75) is 13.0 Å². The number of nitrogens with two attached hydrogens (primary N) is 1. The van der Waals surface area contributed by atoms with E-state index in [1.165, 1.54) is 17.4 Å². The molecule has 0 radical (unpaired) electrons. The fourth-order valence-corrected chi connectivity index (χ4v) is 2.91. The Morgan fingerprint density at radius 1 is 1.50 bits per heavy atom. The monoisotopic (exact) mass is 300 g/mol. The number of hydrogen-bond donors (Lipinski definition) is 1. The summed E-state index contributed by atoms with van der Waals surface area (Å²) in [6.45, 7) is 1.88. The summed E-state index contributed by atoms with van der Waals surface area (Å²) < 4.78 is 14.4. The maximum absolute atomic E-state index is 13.7. The Hall–Kier alpha value is -0.780. The van der Waals surface area contributed by atoms with Crippen LogP contribution < -0.4 is 5.73 Å². The standard InChI is InChI=1S/C11H10BrFN2S/c1-6(14)9-5-15-11(16-9)10-7(12)3-2-4-8(10)13/h2-6H,14H2,1H3. The average Bonchev–Trinajstić information content (AvgIpc) is 2.66. The molecule has 0 fully saturated rings. The fourth-order valence-electron chi connectivity index (χ4n) is 1.31. The zero-order valence-corrected chi connectivity index (χ0v) is 11.0. The molecular weight excluding hydrogens is 291 g/mol. The third kappa shape index (κ3) is 2.16. The molecule has 84 valence electrons. The number of aromatic nitrogens is 1. The van der Waals surface area contributed by atoms with Crippen LogP contribution in [0.3, 0.4) is 0 Å². The predicted octanol–water partition coefficient (Wildman–Crippen LogP) is 3.73. The first-order valence-corrected chi connectivity index (χ1v) is 6.36. The van der Waals surface area contributed by atoms with Crippen LogP contribution in [0, 0.1) is 5.82 Å². The number of halogens is 2. The van der Waals surface area contributed by atoms with E-state index in [0.29, 0.717) is 15.0 Å². The Kier molecular flexibility index (Phi) is 3.37. The van der Waals surface area contributed by atoms with Gasteiger partial charge in [-0.15, -0.1) is 11.3 Å². The molecule has 0 bridgehead atoms.